The zero-order chi connectivity index (χ0) is 23.5. The summed E-state index contributed by atoms with van der Waals surface area (Å²) in [5, 5.41) is 0.546. The van der Waals surface area contributed by atoms with Crippen molar-refractivity contribution in [1.82, 2.24) is 4.57 Å². The van der Waals surface area contributed by atoms with Crippen molar-refractivity contribution in [3.63, 3.8) is 0 Å². The predicted octanol–water partition coefficient (Wildman–Crippen LogP) is 6.46. The van der Waals surface area contributed by atoms with Crippen molar-refractivity contribution in [2.75, 3.05) is 6.61 Å². The Labute approximate surface area is 198 Å². The molecule has 33 heavy (non-hydrogen) atoms. The second-order valence-electron chi connectivity index (χ2n) is 7.20. The zero-order valence-corrected chi connectivity index (χ0v) is 19.0. The Balaban J connectivity index is 1.69. The molecule has 4 rings (SSSR count). The Morgan fingerprint density at radius 2 is 1.64 bits per heavy atom. The number of benzene rings is 3. The standard InChI is InChI=1S/C25H18Cl2FNO4/c1-2-32-25(31)20-14-29(23-12-21(27)22(28)11-19(23)24(20)30)13-15-3-7-17(8-4-15)33-18-9-5-16(26)6-10-18/h3-12,14H,2,13H2,1H3. The fraction of sp³-hybridized carbons (Fsp3) is 0.120. The van der Waals surface area contributed by atoms with E-state index in [2.05, 4.69) is 0 Å². The van der Waals surface area contributed by atoms with Crippen LogP contribution >= 0.6 is 23.2 Å². The van der Waals surface area contributed by atoms with Gasteiger partial charge in [-0.15, -0.1) is 0 Å². The number of ether oxygens (including phenoxy) is 2. The molecule has 0 aliphatic rings. The summed E-state index contributed by atoms with van der Waals surface area (Å²) in [5.41, 5.74) is 0.482. The van der Waals surface area contributed by atoms with Crippen LogP contribution in [0.2, 0.25) is 10.0 Å². The van der Waals surface area contributed by atoms with Gasteiger partial charge in [0.1, 0.15) is 22.9 Å². The minimum atomic E-state index is -0.764. The van der Waals surface area contributed by atoms with E-state index in [1.54, 1.807) is 47.9 Å². The van der Waals surface area contributed by atoms with Gasteiger partial charge in [0.2, 0.25) is 5.43 Å². The van der Waals surface area contributed by atoms with Gasteiger partial charge in [-0.25, -0.2) is 9.18 Å². The van der Waals surface area contributed by atoms with Gasteiger partial charge in [-0.1, -0.05) is 35.3 Å². The molecule has 0 saturated carbocycles. The van der Waals surface area contributed by atoms with Crippen molar-refractivity contribution in [3.8, 4) is 11.5 Å². The lowest BCUT2D eigenvalue weighted by Gasteiger charge is -2.14. The van der Waals surface area contributed by atoms with Crippen molar-refractivity contribution in [3.05, 3.63) is 104 Å². The molecule has 0 aliphatic heterocycles. The van der Waals surface area contributed by atoms with Crippen LogP contribution in [-0.2, 0) is 11.3 Å². The molecule has 0 aliphatic carbocycles. The number of rotatable bonds is 6. The summed E-state index contributed by atoms with van der Waals surface area (Å²) in [4.78, 5) is 25.1. The third kappa shape index (κ3) is 5.02. The van der Waals surface area contributed by atoms with Gasteiger partial charge in [0.05, 0.1) is 17.1 Å². The average Bonchev–Trinajstić information content (AvgIpc) is 2.80. The molecule has 1 aromatic heterocycles. The molecule has 0 saturated heterocycles. The van der Waals surface area contributed by atoms with Crippen LogP contribution in [-0.4, -0.2) is 17.1 Å². The van der Waals surface area contributed by atoms with Crippen LogP contribution in [0, 0.1) is 5.82 Å². The number of pyridine rings is 1. The molecule has 1 heterocycles. The molecule has 0 unspecified atom stereocenters. The molecule has 0 radical (unpaired) electrons. The van der Waals surface area contributed by atoms with E-state index < -0.39 is 17.2 Å². The lowest BCUT2D eigenvalue weighted by atomic mass is 10.1. The molecule has 168 valence electrons. The van der Waals surface area contributed by atoms with E-state index in [4.69, 9.17) is 32.7 Å². The third-order valence-electron chi connectivity index (χ3n) is 4.94. The van der Waals surface area contributed by atoms with Crippen LogP contribution in [0.1, 0.15) is 22.8 Å². The lowest BCUT2D eigenvalue weighted by molar-refractivity contribution is 0.0524. The van der Waals surface area contributed by atoms with Gasteiger partial charge < -0.3 is 14.0 Å². The smallest absolute Gasteiger partial charge is 0.343 e. The van der Waals surface area contributed by atoms with Crippen molar-refractivity contribution in [2.45, 2.75) is 13.5 Å². The highest BCUT2D eigenvalue weighted by Crippen LogP contribution is 2.25. The number of carbonyl (C=O) groups excluding carboxylic acids is 1. The number of hydrogen-bond acceptors (Lipinski definition) is 4. The Bertz CT molecular complexity index is 1380. The molecule has 3 aromatic carbocycles. The van der Waals surface area contributed by atoms with E-state index in [1.807, 2.05) is 12.1 Å². The summed E-state index contributed by atoms with van der Waals surface area (Å²) in [5.74, 6) is -0.227. The molecular weight excluding hydrogens is 468 g/mol. The largest absolute Gasteiger partial charge is 0.462 e. The molecule has 0 amide bonds. The van der Waals surface area contributed by atoms with Gasteiger partial charge in [0.25, 0.3) is 0 Å². The van der Waals surface area contributed by atoms with Crippen LogP contribution in [0.4, 0.5) is 4.39 Å². The second-order valence-corrected chi connectivity index (χ2v) is 8.05. The first-order valence-corrected chi connectivity index (χ1v) is 10.8. The number of aromatic nitrogens is 1. The predicted molar refractivity (Wildman–Crippen MR) is 126 cm³/mol. The second kappa shape index (κ2) is 9.65. The van der Waals surface area contributed by atoms with Crippen molar-refractivity contribution in [2.24, 2.45) is 0 Å². The zero-order valence-electron chi connectivity index (χ0n) is 17.5. The Morgan fingerprint density at radius 3 is 2.27 bits per heavy atom. The Morgan fingerprint density at radius 1 is 1.00 bits per heavy atom. The SMILES string of the molecule is CCOC(=O)c1cn(Cc2ccc(Oc3ccc(Cl)cc3)cc2)c2cc(Cl)c(F)cc2c1=O. The highest BCUT2D eigenvalue weighted by molar-refractivity contribution is 6.31. The molecule has 0 spiro atoms. The molecule has 0 atom stereocenters. The highest BCUT2D eigenvalue weighted by Gasteiger charge is 2.18. The monoisotopic (exact) mass is 485 g/mol. The first kappa shape index (κ1) is 22.8. The van der Waals surface area contributed by atoms with Crippen LogP contribution in [0.15, 0.2) is 71.7 Å². The minimum absolute atomic E-state index is 0.0464. The summed E-state index contributed by atoms with van der Waals surface area (Å²) < 4.78 is 26.6. The van der Waals surface area contributed by atoms with Gasteiger partial charge >= 0.3 is 5.97 Å². The number of nitrogens with zero attached hydrogens (tertiary/aromatic N) is 1. The van der Waals surface area contributed by atoms with Crippen LogP contribution in [0.3, 0.4) is 0 Å². The maximum absolute atomic E-state index is 14.1. The number of hydrogen-bond donors (Lipinski definition) is 0. The molecule has 0 N–H and O–H groups in total. The fourth-order valence-corrected chi connectivity index (χ4v) is 3.65. The van der Waals surface area contributed by atoms with E-state index in [1.165, 1.54) is 12.3 Å². The number of halogens is 3. The maximum atomic E-state index is 14.1. The Kier molecular flexibility index (Phi) is 6.67. The summed E-state index contributed by atoms with van der Waals surface area (Å²) in [6, 6.07) is 16.7. The summed E-state index contributed by atoms with van der Waals surface area (Å²) in [6.07, 6.45) is 1.41. The molecular formula is C25H18Cl2FNO4. The quantitative estimate of drug-likeness (QED) is 0.294. The van der Waals surface area contributed by atoms with E-state index in [0.29, 0.717) is 28.6 Å². The average molecular weight is 486 g/mol. The normalized spacial score (nSPS) is 10.9. The number of esters is 1. The van der Waals surface area contributed by atoms with Crippen molar-refractivity contribution >= 4 is 40.1 Å². The van der Waals surface area contributed by atoms with Crippen LogP contribution in [0.5, 0.6) is 11.5 Å². The maximum Gasteiger partial charge on any atom is 0.343 e. The van der Waals surface area contributed by atoms with Crippen LogP contribution in [0.25, 0.3) is 10.9 Å². The number of carbonyl (C=O) groups is 1. The summed E-state index contributed by atoms with van der Waals surface area (Å²) >= 11 is 11.9. The fourth-order valence-electron chi connectivity index (χ4n) is 3.37. The van der Waals surface area contributed by atoms with E-state index in [0.717, 1.165) is 11.6 Å². The first-order valence-electron chi connectivity index (χ1n) is 10.1. The summed E-state index contributed by atoms with van der Waals surface area (Å²) in [7, 11) is 0. The van der Waals surface area contributed by atoms with Gasteiger partial charge in [-0.2, -0.15) is 0 Å². The summed E-state index contributed by atoms with van der Waals surface area (Å²) in [6.45, 7) is 2.05. The molecule has 0 bridgehead atoms. The lowest BCUT2D eigenvalue weighted by Crippen LogP contribution is -2.21. The molecule has 0 fully saturated rings. The topological polar surface area (TPSA) is 57.5 Å². The van der Waals surface area contributed by atoms with Crippen LogP contribution < -0.4 is 10.2 Å². The van der Waals surface area contributed by atoms with Crippen molar-refractivity contribution < 1.29 is 18.7 Å². The van der Waals surface area contributed by atoms with Gasteiger partial charge in [-0.05, 0) is 61.0 Å². The van der Waals surface area contributed by atoms with E-state index >= 15 is 0 Å². The molecule has 5 nitrogen and oxygen atoms in total. The first-order chi connectivity index (χ1) is 15.9. The van der Waals surface area contributed by atoms with E-state index in [9.17, 15) is 14.0 Å². The molecule has 4 aromatic rings. The highest BCUT2D eigenvalue weighted by atomic mass is 35.5. The van der Waals surface area contributed by atoms with Crippen molar-refractivity contribution in [1.29, 1.82) is 0 Å². The third-order valence-corrected chi connectivity index (χ3v) is 5.48. The Hall–Kier alpha value is -3.35. The van der Waals surface area contributed by atoms with E-state index in [-0.39, 0.29) is 22.6 Å². The van der Waals surface area contributed by atoms with Gasteiger partial charge in [0, 0.05) is 23.2 Å². The van der Waals surface area contributed by atoms with Gasteiger partial charge in [-0.3, -0.25) is 4.79 Å². The molecule has 8 heteroatoms. The number of fused-ring (bicyclic) bond motifs is 1. The van der Waals surface area contributed by atoms with Gasteiger partial charge in [0.15, 0.2) is 0 Å². The minimum Gasteiger partial charge on any atom is -0.462 e.